The molecule has 0 saturated heterocycles. The third-order valence-corrected chi connectivity index (χ3v) is 4.17. The number of hydrogen-bond donors (Lipinski definition) is 2. The van der Waals surface area contributed by atoms with Crippen LogP contribution in [0, 0.1) is 0 Å². The second-order valence-electron chi connectivity index (χ2n) is 5.39. The minimum atomic E-state index is -0.194. The molecule has 0 aliphatic heterocycles. The summed E-state index contributed by atoms with van der Waals surface area (Å²) in [5.41, 5.74) is 3.02. The molecule has 2 aromatic carbocycles. The molecule has 24 heavy (non-hydrogen) atoms. The third kappa shape index (κ3) is 4.49. The normalized spacial score (nSPS) is 10.4. The van der Waals surface area contributed by atoms with Gasteiger partial charge in [-0.25, -0.2) is 4.79 Å². The molecule has 4 nitrogen and oxygen atoms in total. The van der Waals surface area contributed by atoms with Crippen LogP contribution in [-0.2, 0) is 6.42 Å². The molecule has 1 aromatic heterocycles. The van der Waals surface area contributed by atoms with E-state index in [1.807, 2.05) is 77.6 Å². The van der Waals surface area contributed by atoms with E-state index in [0.29, 0.717) is 6.54 Å². The van der Waals surface area contributed by atoms with Crippen molar-refractivity contribution in [3.63, 3.8) is 0 Å². The van der Waals surface area contributed by atoms with E-state index in [-0.39, 0.29) is 6.03 Å². The van der Waals surface area contributed by atoms with Crippen LogP contribution in [0.2, 0.25) is 0 Å². The van der Waals surface area contributed by atoms with Crippen molar-refractivity contribution in [1.29, 1.82) is 0 Å². The van der Waals surface area contributed by atoms with Crippen molar-refractivity contribution in [2.45, 2.75) is 6.42 Å². The summed E-state index contributed by atoms with van der Waals surface area (Å²) < 4.78 is 3.07. The van der Waals surface area contributed by atoms with Crippen molar-refractivity contribution in [3.05, 3.63) is 83.1 Å². The molecule has 3 aromatic rings. The first-order valence-electron chi connectivity index (χ1n) is 7.73. The van der Waals surface area contributed by atoms with Crippen LogP contribution < -0.4 is 10.6 Å². The Morgan fingerprint density at radius 3 is 2.29 bits per heavy atom. The zero-order valence-electron chi connectivity index (χ0n) is 13.1. The number of nitrogens with one attached hydrogen (secondary N) is 2. The molecule has 0 radical (unpaired) electrons. The van der Waals surface area contributed by atoms with Crippen molar-refractivity contribution < 1.29 is 4.79 Å². The number of aromatic nitrogens is 1. The zero-order chi connectivity index (χ0) is 16.8. The highest BCUT2D eigenvalue weighted by molar-refractivity contribution is 9.10. The first-order valence-corrected chi connectivity index (χ1v) is 8.53. The molecule has 0 atom stereocenters. The Morgan fingerprint density at radius 1 is 0.958 bits per heavy atom. The van der Waals surface area contributed by atoms with Crippen LogP contribution in [0.4, 0.5) is 10.5 Å². The first kappa shape index (κ1) is 16.3. The topological polar surface area (TPSA) is 46.1 Å². The molecule has 5 heteroatoms. The molecule has 0 bridgehead atoms. The number of urea groups is 1. The summed E-state index contributed by atoms with van der Waals surface area (Å²) in [5, 5.41) is 5.71. The average molecular weight is 384 g/mol. The Labute approximate surface area is 149 Å². The smallest absolute Gasteiger partial charge is 0.319 e. The second-order valence-corrected chi connectivity index (χ2v) is 6.31. The fraction of sp³-hybridized carbons (Fsp3) is 0.105. The maximum absolute atomic E-state index is 11.9. The third-order valence-electron chi connectivity index (χ3n) is 3.64. The average Bonchev–Trinajstić information content (AvgIpc) is 3.12. The Balaban J connectivity index is 1.47. The van der Waals surface area contributed by atoms with Gasteiger partial charge in [-0.15, -0.1) is 0 Å². The lowest BCUT2D eigenvalue weighted by Gasteiger charge is -2.09. The lowest BCUT2D eigenvalue weighted by Crippen LogP contribution is -2.30. The highest BCUT2D eigenvalue weighted by atomic mass is 79.9. The minimum Gasteiger partial charge on any atom is -0.338 e. The van der Waals surface area contributed by atoms with Crippen LogP contribution in [0.1, 0.15) is 5.56 Å². The summed E-state index contributed by atoms with van der Waals surface area (Å²) in [4.78, 5) is 11.9. The van der Waals surface area contributed by atoms with Gasteiger partial charge in [0.25, 0.3) is 0 Å². The lowest BCUT2D eigenvalue weighted by atomic mass is 10.1. The number of amides is 2. The lowest BCUT2D eigenvalue weighted by molar-refractivity contribution is 0.252. The van der Waals surface area contributed by atoms with Gasteiger partial charge in [-0.05, 0) is 60.5 Å². The number of nitrogens with zero attached hydrogens (tertiary/aromatic N) is 1. The molecule has 122 valence electrons. The van der Waals surface area contributed by atoms with Gasteiger partial charge in [0.2, 0.25) is 0 Å². The van der Waals surface area contributed by atoms with Crippen molar-refractivity contribution >= 4 is 27.6 Å². The van der Waals surface area contributed by atoms with E-state index in [2.05, 4.69) is 26.6 Å². The van der Waals surface area contributed by atoms with Crippen LogP contribution in [0.3, 0.4) is 0 Å². The molecule has 0 saturated carbocycles. The molecule has 0 aliphatic carbocycles. The van der Waals surface area contributed by atoms with Crippen LogP contribution in [0.5, 0.6) is 0 Å². The van der Waals surface area contributed by atoms with E-state index in [1.165, 1.54) is 5.56 Å². The van der Waals surface area contributed by atoms with Gasteiger partial charge in [0.05, 0.1) is 0 Å². The van der Waals surface area contributed by atoms with Gasteiger partial charge in [0.1, 0.15) is 0 Å². The maximum Gasteiger partial charge on any atom is 0.319 e. The zero-order valence-corrected chi connectivity index (χ0v) is 14.7. The van der Waals surface area contributed by atoms with Crippen molar-refractivity contribution in [2.24, 2.45) is 0 Å². The fourth-order valence-electron chi connectivity index (χ4n) is 2.37. The van der Waals surface area contributed by atoms with Gasteiger partial charge in [-0.2, -0.15) is 0 Å². The van der Waals surface area contributed by atoms with Crippen molar-refractivity contribution in [3.8, 4) is 5.69 Å². The number of rotatable bonds is 5. The Hall–Kier alpha value is -2.53. The summed E-state index contributed by atoms with van der Waals surface area (Å²) in [6, 6.07) is 19.6. The van der Waals surface area contributed by atoms with Gasteiger partial charge in [-0.1, -0.05) is 28.1 Å². The number of halogens is 1. The number of anilines is 1. The summed E-state index contributed by atoms with van der Waals surface area (Å²) in [6.45, 7) is 0.592. The van der Waals surface area contributed by atoms with E-state index in [4.69, 9.17) is 0 Å². The standard InChI is InChI=1S/C19H18BrN3O/c20-16-5-3-15(4-6-16)11-12-21-19(24)22-17-7-9-18(10-8-17)23-13-1-2-14-23/h1-10,13-14H,11-12H2,(H2,21,22,24). The van der Waals surface area contributed by atoms with Gasteiger partial charge in [-0.3, -0.25) is 0 Å². The molecule has 0 fully saturated rings. The van der Waals surface area contributed by atoms with E-state index < -0.39 is 0 Å². The summed E-state index contributed by atoms with van der Waals surface area (Å²) in [7, 11) is 0. The predicted molar refractivity (Wildman–Crippen MR) is 101 cm³/mol. The molecule has 2 N–H and O–H groups in total. The maximum atomic E-state index is 11.9. The second kappa shape index (κ2) is 7.84. The van der Waals surface area contributed by atoms with E-state index >= 15 is 0 Å². The van der Waals surface area contributed by atoms with Gasteiger partial charge < -0.3 is 15.2 Å². The van der Waals surface area contributed by atoms with Gasteiger partial charge >= 0.3 is 6.03 Å². The number of carbonyl (C=O) groups excluding carboxylic acids is 1. The molecule has 0 spiro atoms. The fourth-order valence-corrected chi connectivity index (χ4v) is 2.63. The molecular weight excluding hydrogens is 366 g/mol. The quantitative estimate of drug-likeness (QED) is 0.663. The molecule has 1 heterocycles. The number of hydrogen-bond acceptors (Lipinski definition) is 1. The van der Waals surface area contributed by atoms with Crippen molar-refractivity contribution in [2.75, 3.05) is 11.9 Å². The molecular formula is C19H18BrN3O. The summed E-state index contributed by atoms with van der Waals surface area (Å²) in [5.74, 6) is 0. The highest BCUT2D eigenvalue weighted by Crippen LogP contribution is 2.13. The van der Waals surface area contributed by atoms with E-state index in [9.17, 15) is 4.79 Å². The minimum absolute atomic E-state index is 0.194. The van der Waals surface area contributed by atoms with E-state index in [1.54, 1.807) is 0 Å². The van der Waals surface area contributed by atoms with Gasteiger partial charge in [0.15, 0.2) is 0 Å². The van der Waals surface area contributed by atoms with Crippen LogP contribution >= 0.6 is 15.9 Å². The van der Waals surface area contributed by atoms with Crippen LogP contribution in [0.15, 0.2) is 77.5 Å². The Morgan fingerprint density at radius 2 is 1.62 bits per heavy atom. The summed E-state index contributed by atoms with van der Waals surface area (Å²) in [6.07, 6.45) is 4.77. The SMILES string of the molecule is O=C(NCCc1ccc(Br)cc1)Nc1ccc(-n2cccc2)cc1. The first-order chi connectivity index (χ1) is 11.7. The largest absolute Gasteiger partial charge is 0.338 e. The number of carbonyl (C=O) groups is 1. The Kier molecular flexibility index (Phi) is 5.33. The van der Waals surface area contributed by atoms with Crippen molar-refractivity contribution in [1.82, 2.24) is 9.88 Å². The number of benzene rings is 2. The van der Waals surface area contributed by atoms with Crippen LogP contribution in [-0.4, -0.2) is 17.1 Å². The summed E-state index contributed by atoms with van der Waals surface area (Å²) >= 11 is 3.41. The predicted octanol–water partition coefficient (Wildman–Crippen LogP) is 4.60. The molecule has 0 unspecified atom stereocenters. The highest BCUT2D eigenvalue weighted by Gasteiger charge is 2.02. The monoisotopic (exact) mass is 383 g/mol. The van der Waals surface area contributed by atoms with E-state index in [0.717, 1.165) is 22.3 Å². The molecule has 3 rings (SSSR count). The Bertz CT molecular complexity index is 780. The molecule has 2 amide bonds. The molecule has 0 aliphatic rings. The van der Waals surface area contributed by atoms with Crippen LogP contribution in [0.25, 0.3) is 5.69 Å². The van der Waals surface area contributed by atoms with Gasteiger partial charge in [0, 0.05) is 34.8 Å².